The number of nitrogens with one attached hydrogen (secondary N) is 1. The fraction of sp³-hybridized carbons (Fsp3) is 0.500. The lowest BCUT2D eigenvalue weighted by atomic mass is 10.2. The van der Waals surface area contributed by atoms with Gasteiger partial charge < -0.3 is 14.8 Å². The zero-order chi connectivity index (χ0) is 13.6. The third kappa shape index (κ3) is 5.57. The average Bonchev–Trinajstić information content (AvgIpc) is 2.26. The molecule has 1 N–H and O–H groups in total. The van der Waals surface area contributed by atoms with Gasteiger partial charge in [0.15, 0.2) is 0 Å². The molecule has 0 aromatic heterocycles. The molecule has 4 nitrogen and oxygen atoms in total. The highest BCUT2D eigenvalue weighted by Crippen LogP contribution is 2.15. The number of hydrogen-bond donors (Lipinski definition) is 1. The second kappa shape index (κ2) is 6.28. The number of benzene rings is 1. The first-order chi connectivity index (χ1) is 8.40. The first-order valence-electron chi connectivity index (χ1n) is 6.09. The molecule has 0 aliphatic carbocycles. The molecule has 1 rings (SSSR count). The molecule has 0 spiro atoms. The van der Waals surface area contributed by atoms with Crippen LogP contribution in [0.2, 0.25) is 0 Å². The molecule has 18 heavy (non-hydrogen) atoms. The van der Waals surface area contributed by atoms with Gasteiger partial charge in [0.25, 0.3) is 0 Å². The normalized spacial score (nSPS) is 10.9. The number of rotatable bonds is 5. The largest absolute Gasteiger partial charge is 0.494 e. The summed E-state index contributed by atoms with van der Waals surface area (Å²) in [7, 11) is 0. The van der Waals surface area contributed by atoms with Crippen molar-refractivity contribution in [1.29, 1.82) is 0 Å². The molecule has 1 aromatic rings. The fourth-order valence-corrected chi connectivity index (χ4v) is 1.39. The lowest BCUT2D eigenvalue weighted by Crippen LogP contribution is -2.28. The van der Waals surface area contributed by atoms with Gasteiger partial charge in [-0.3, -0.25) is 4.79 Å². The van der Waals surface area contributed by atoms with Crippen LogP contribution in [-0.4, -0.2) is 24.7 Å². The van der Waals surface area contributed by atoms with E-state index in [1.54, 1.807) is 0 Å². The molecule has 1 aromatic carbocycles. The van der Waals surface area contributed by atoms with E-state index >= 15 is 0 Å². The highest BCUT2D eigenvalue weighted by atomic mass is 16.6. The van der Waals surface area contributed by atoms with Crippen molar-refractivity contribution in [2.24, 2.45) is 0 Å². The van der Waals surface area contributed by atoms with Crippen molar-refractivity contribution >= 4 is 11.7 Å². The fourth-order valence-electron chi connectivity index (χ4n) is 1.39. The third-order valence-corrected chi connectivity index (χ3v) is 2.02. The Bertz CT molecular complexity index is 379. The summed E-state index contributed by atoms with van der Waals surface area (Å²) in [5.41, 5.74) is 0.418. The van der Waals surface area contributed by atoms with E-state index < -0.39 is 5.60 Å². The van der Waals surface area contributed by atoms with E-state index in [1.807, 2.05) is 52.0 Å². The number of carbonyl (C=O) groups excluding carboxylic acids is 1. The predicted octanol–water partition coefficient (Wildman–Crippen LogP) is 2.84. The number of hydrogen-bond acceptors (Lipinski definition) is 4. The molecule has 0 saturated carbocycles. The maximum absolute atomic E-state index is 11.5. The SMILES string of the molecule is CCOc1ccc(NCC(=O)OC(C)(C)C)cc1. The molecule has 0 aliphatic heterocycles. The molecule has 0 radical (unpaired) electrons. The van der Waals surface area contributed by atoms with Gasteiger partial charge in [-0.15, -0.1) is 0 Å². The Kier molecular flexibility index (Phi) is 5.01. The van der Waals surface area contributed by atoms with E-state index in [2.05, 4.69) is 5.32 Å². The van der Waals surface area contributed by atoms with Gasteiger partial charge in [0.2, 0.25) is 0 Å². The second-order valence-electron chi connectivity index (χ2n) is 4.90. The predicted molar refractivity (Wildman–Crippen MR) is 71.9 cm³/mol. The van der Waals surface area contributed by atoms with Crippen molar-refractivity contribution in [1.82, 2.24) is 0 Å². The van der Waals surface area contributed by atoms with Crippen LogP contribution in [0.25, 0.3) is 0 Å². The van der Waals surface area contributed by atoms with Crippen LogP contribution >= 0.6 is 0 Å². The molecule has 0 saturated heterocycles. The zero-order valence-electron chi connectivity index (χ0n) is 11.4. The Morgan fingerprint density at radius 1 is 1.22 bits per heavy atom. The third-order valence-electron chi connectivity index (χ3n) is 2.02. The molecule has 4 heteroatoms. The highest BCUT2D eigenvalue weighted by molar-refractivity contribution is 5.75. The van der Waals surface area contributed by atoms with Crippen molar-refractivity contribution in [3.8, 4) is 5.75 Å². The van der Waals surface area contributed by atoms with Crippen LogP contribution in [0.5, 0.6) is 5.75 Å². The van der Waals surface area contributed by atoms with Gasteiger partial charge in [0, 0.05) is 5.69 Å². The summed E-state index contributed by atoms with van der Waals surface area (Å²) in [4.78, 5) is 11.5. The van der Waals surface area contributed by atoms with Crippen LogP contribution < -0.4 is 10.1 Å². The Morgan fingerprint density at radius 2 is 1.83 bits per heavy atom. The highest BCUT2D eigenvalue weighted by Gasteiger charge is 2.15. The number of esters is 1. The molecular formula is C14H21NO3. The molecule has 0 heterocycles. The van der Waals surface area contributed by atoms with Crippen LogP contribution in [0.15, 0.2) is 24.3 Å². The summed E-state index contributed by atoms with van der Waals surface area (Å²) in [5, 5.41) is 3.01. The van der Waals surface area contributed by atoms with Crippen molar-refractivity contribution in [3.05, 3.63) is 24.3 Å². The van der Waals surface area contributed by atoms with E-state index in [1.165, 1.54) is 0 Å². The minimum absolute atomic E-state index is 0.158. The maximum Gasteiger partial charge on any atom is 0.325 e. The van der Waals surface area contributed by atoms with Crippen LogP contribution in [-0.2, 0) is 9.53 Å². The molecular weight excluding hydrogens is 230 g/mol. The summed E-state index contributed by atoms with van der Waals surface area (Å²) >= 11 is 0. The summed E-state index contributed by atoms with van der Waals surface area (Å²) in [6.45, 7) is 8.29. The number of anilines is 1. The van der Waals surface area contributed by atoms with Gasteiger partial charge in [-0.05, 0) is 52.0 Å². The molecule has 0 bridgehead atoms. The van der Waals surface area contributed by atoms with Crippen molar-refractivity contribution < 1.29 is 14.3 Å². The molecule has 0 amide bonds. The Hall–Kier alpha value is -1.71. The van der Waals surface area contributed by atoms with Gasteiger partial charge in [-0.25, -0.2) is 0 Å². The van der Waals surface area contributed by atoms with E-state index in [0.29, 0.717) is 6.61 Å². The van der Waals surface area contributed by atoms with Gasteiger partial charge >= 0.3 is 5.97 Å². The van der Waals surface area contributed by atoms with E-state index in [9.17, 15) is 4.79 Å². The van der Waals surface area contributed by atoms with Gasteiger partial charge in [-0.2, -0.15) is 0 Å². The minimum atomic E-state index is -0.447. The van der Waals surface area contributed by atoms with Crippen molar-refractivity contribution in [2.75, 3.05) is 18.5 Å². The van der Waals surface area contributed by atoms with Gasteiger partial charge in [0.05, 0.1) is 6.61 Å². The first-order valence-corrected chi connectivity index (χ1v) is 6.09. The van der Waals surface area contributed by atoms with Crippen LogP contribution in [0, 0.1) is 0 Å². The number of ether oxygens (including phenoxy) is 2. The molecule has 0 fully saturated rings. The quantitative estimate of drug-likeness (QED) is 0.817. The average molecular weight is 251 g/mol. The topological polar surface area (TPSA) is 47.6 Å². The Morgan fingerprint density at radius 3 is 2.33 bits per heavy atom. The summed E-state index contributed by atoms with van der Waals surface area (Å²) in [6, 6.07) is 7.46. The summed E-state index contributed by atoms with van der Waals surface area (Å²) in [6.07, 6.45) is 0. The smallest absolute Gasteiger partial charge is 0.325 e. The van der Waals surface area contributed by atoms with Crippen LogP contribution in [0.1, 0.15) is 27.7 Å². The number of carbonyl (C=O) groups is 1. The summed E-state index contributed by atoms with van der Waals surface area (Å²) < 4.78 is 10.5. The first kappa shape index (κ1) is 14.4. The maximum atomic E-state index is 11.5. The van der Waals surface area contributed by atoms with E-state index in [4.69, 9.17) is 9.47 Å². The van der Waals surface area contributed by atoms with E-state index in [0.717, 1.165) is 11.4 Å². The lowest BCUT2D eigenvalue weighted by molar-refractivity contribution is -0.152. The van der Waals surface area contributed by atoms with Gasteiger partial charge in [0.1, 0.15) is 17.9 Å². The van der Waals surface area contributed by atoms with Crippen LogP contribution in [0.3, 0.4) is 0 Å². The van der Waals surface area contributed by atoms with Crippen molar-refractivity contribution in [3.63, 3.8) is 0 Å². The zero-order valence-corrected chi connectivity index (χ0v) is 11.4. The van der Waals surface area contributed by atoms with Crippen LogP contribution in [0.4, 0.5) is 5.69 Å². The minimum Gasteiger partial charge on any atom is -0.494 e. The standard InChI is InChI=1S/C14H21NO3/c1-5-17-12-8-6-11(7-9-12)15-10-13(16)18-14(2,3)4/h6-9,15H,5,10H2,1-4H3. The monoisotopic (exact) mass is 251 g/mol. The molecule has 0 unspecified atom stereocenters. The van der Waals surface area contributed by atoms with Gasteiger partial charge in [-0.1, -0.05) is 0 Å². The summed E-state index contributed by atoms with van der Waals surface area (Å²) in [5.74, 6) is 0.553. The van der Waals surface area contributed by atoms with E-state index in [-0.39, 0.29) is 12.5 Å². The Labute approximate surface area is 108 Å². The molecule has 0 atom stereocenters. The molecule has 100 valence electrons. The van der Waals surface area contributed by atoms with Crippen molar-refractivity contribution in [2.45, 2.75) is 33.3 Å². The Balaban J connectivity index is 2.41. The lowest BCUT2D eigenvalue weighted by Gasteiger charge is -2.19. The second-order valence-corrected chi connectivity index (χ2v) is 4.90. The molecule has 0 aliphatic rings.